The van der Waals surface area contributed by atoms with Crippen LogP contribution in [0, 0.1) is 5.92 Å². The summed E-state index contributed by atoms with van der Waals surface area (Å²) in [6.07, 6.45) is -0.753. The Morgan fingerprint density at radius 3 is 1.69 bits per heavy atom. The summed E-state index contributed by atoms with van der Waals surface area (Å²) in [6.45, 7) is 3.59. The Labute approximate surface area is 205 Å². The molecule has 3 aromatic rings. The topological polar surface area (TPSA) is 105 Å². The van der Waals surface area contributed by atoms with Gasteiger partial charge in [0.2, 0.25) is 5.91 Å². The number of hydrogen-bond donors (Lipinski definition) is 3. The Bertz CT molecular complexity index is 1060. The van der Waals surface area contributed by atoms with E-state index in [0.717, 1.165) is 16.7 Å². The van der Waals surface area contributed by atoms with E-state index in [1.807, 2.05) is 91.0 Å². The number of amides is 2. The first-order chi connectivity index (χ1) is 16.9. The quantitative estimate of drug-likeness (QED) is 0.406. The van der Waals surface area contributed by atoms with E-state index in [-0.39, 0.29) is 12.5 Å². The lowest BCUT2D eigenvalue weighted by Gasteiger charge is -2.29. The molecule has 3 aromatic carbocycles. The lowest BCUT2D eigenvalue weighted by molar-refractivity contribution is -0.142. The van der Waals surface area contributed by atoms with Crippen LogP contribution in [0.4, 0.5) is 4.79 Å². The Balaban J connectivity index is 1.78. The highest BCUT2D eigenvalue weighted by atomic mass is 16.5. The number of carboxylic acids is 1. The van der Waals surface area contributed by atoms with Crippen molar-refractivity contribution in [1.29, 1.82) is 0 Å². The molecule has 0 aliphatic heterocycles. The highest BCUT2D eigenvalue weighted by Gasteiger charge is 2.35. The summed E-state index contributed by atoms with van der Waals surface area (Å²) >= 11 is 0. The Kier molecular flexibility index (Phi) is 9.01. The van der Waals surface area contributed by atoms with Crippen molar-refractivity contribution in [1.82, 2.24) is 10.6 Å². The molecule has 0 heterocycles. The maximum absolute atomic E-state index is 13.2. The summed E-state index contributed by atoms with van der Waals surface area (Å²) in [5.74, 6) is -2.71. The van der Waals surface area contributed by atoms with Gasteiger partial charge in [0.05, 0.1) is 0 Å². The van der Waals surface area contributed by atoms with E-state index < -0.39 is 36.0 Å². The van der Waals surface area contributed by atoms with Crippen LogP contribution in [0.5, 0.6) is 0 Å². The molecule has 35 heavy (non-hydrogen) atoms. The Morgan fingerprint density at radius 2 is 1.23 bits per heavy atom. The summed E-state index contributed by atoms with van der Waals surface area (Å²) in [4.78, 5) is 38.0. The predicted octanol–water partition coefficient (Wildman–Crippen LogP) is 4.34. The summed E-state index contributed by atoms with van der Waals surface area (Å²) in [7, 11) is 0. The van der Waals surface area contributed by atoms with Gasteiger partial charge in [-0.25, -0.2) is 9.59 Å². The molecule has 0 spiro atoms. The number of nitrogens with one attached hydrogen (secondary N) is 2. The van der Waals surface area contributed by atoms with Crippen molar-refractivity contribution in [2.75, 3.05) is 0 Å². The number of aliphatic carboxylic acids is 1. The molecule has 0 aromatic heterocycles. The lowest BCUT2D eigenvalue weighted by atomic mass is 9.84. The first-order valence-corrected chi connectivity index (χ1v) is 11.5. The predicted molar refractivity (Wildman–Crippen MR) is 133 cm³/mol. The molecule has 0 fully saturated rings. The zero-order valence-electron chi connectivity index (χ0n) is 19.8. The zero-order chi connectivity index (χ0) is 25.2. The number of carbonyl (C=O) groups is 3. The van der Waals surface area contributed by atoms with Crippen molar-refractivity contribution < 1.29 is 24.2 Å². The van der Waals surface area contributed by atoms with Crippen LogP contribution in [0.15, 0.2) is 91.0 Å². The van der Waals surface area contributed by atoms with Crippen LogP contribution in [0.2, 0.25) is 0 Å². The van der Waals surface area contributed by atoms with E-state index in [2.05, 4.69) is 10.6 Å². The van der Waals surface area contributed by atoms with Crippen LogP contribution in [0.1, 0.15) is 36.5 Å². The number of rotatable bonds is 10. The molecule has 7 nitrogen and oxygen atoms in total. The molecule has 0 aliphatic rings. The van der Waals surface area contributed by atoms with Gasteiger partial charge in [-0.15, -0.1) is 0 Å². The number of carbonyl (C=O) groups excluding carboxylic acids is 2. The van der Waals surface area contributed by atoms with Crippen LogP contribution in [0.3, 0.4) is 0 Å². The van der Waals surface area contributed by atoms with Gasteiger partial charge in [-0.1, -0.05) is 105 Å². The average molecular weight is 475 g/mol. The minimum atomic E-state index is -1.25. The normalized spacial score (nSPS) is 12.6. The molecule has 0 unspecified atom stereocenters. The van der Waals surface area contributed by atoms with E-state index in [1.54, 1.807) is 13.8 Å². The van der Waals surface area contributed by atoms with Crippen molar-refractivity contribution in [2.24, 2.45) is 5.92 Å². The van der Waals surface area contributed by atoms with Crippen LogP contribution in [0.25, 0.3) is 0 Å². The molecule has 3 rings (SSSR count). The minimum absolute atomic E-state index is 0.0565. The fraction of sp³-hybridized carbons (Fsp3) is 0.250. The van der Waals surface area contributed by atoms with Crippen molar-refractivity contribution >= 4 is 18.0 Å². The van der Waals surface area contributed by atoms with Gasteiger partial charge in [-0.2, -0.15) is 0 Å². The lowest BCUT2D eigenvalue weighted by Crippen LogP contribution is -2.55. The number of hydrogen-bond acceptors (Lipinski definition) is 4. The average Bonchev–Trinajstić information content (AvgIpc) is 2.87. The second kappa shape index (κ2) is 12.4. The summed E-state index contributed by atoms with van der Waals surface area (Å²) in [6, 6.07) is 25.3. The molecule has 7 heteroatoms. The number of benzene rings is 3. The first kappa shape index (κ1) is 25.5. The third-order valence-electron chi connectivity index (χ3n) is 5.65. The zero-order valence-corrected chi connectivity index (χ0v) is 19.8. The summed E-state index contributed by atoms with van der Waals surface area (Å²) in [5, 5.41) is 15.3. The van der Waals surface area contributed by atoms with Gasteiger partial charge in [0.15, 0.2) is 0 Å². The standard InChI is InChI=1S/C28H30N2O5/c1-19(2)24(30-28(34)35-18-20-12-6-3-7-13-20)26(31)29-25(27(32)33)23(21-14-8-4-9-15-21)22-16-10-5-11-17-22/h3-17,19,23-25H,18H2,1-2H3,(H,29,31)(H,30,34)(H,32,33)/t24-,25+/m0/s1. The van der Waals surface area contributed by atoms with Gasteiger partial charge in [-0.3, -0.25) is 4.79 Å². The number of alkyl carbamates (subject to hydrolysis) is 1. The SMILES string of the molecule is CC(C)[C@H](NC(=O)OCc1ccccc1)C(=O)N[C@@H](C(=O)O)C(c1ccccc1)c1ccccc1. The van der Waals surface area contributed by atoms with Crippen LogP contribution < -0.4 is 10.6 Å². The molecule has 2 amide bonds. The van der Waals surface area contributed by atoms with Crippen LogP contribution >= 0.6 is 0 Å². The molecule has 0 aliphatic carbocycles. The third kappa shape index (κ3) is 7.17. The van der Waals surface area contributed by atoms with Gasteiger partial charge in [-0.05, 0) is 22.6 Å². The van der Waals surface area contributed by atoms with Gasteiger partial charge >= 0.3 is 12.1 Å². The van der Waals surface area contributed by atoms with E-state index in [9.17, 15) is 19.5 Å². The monoisotopic (exact) mass is 474 g/mol. The molecule has 0 radical (unpaired) electrons. The van der Waals surface area contributed by atoms with Crippen LogP contribution in [-0.2, 0) is 20.9 Å². The molecule has 182 valence electrons. The van der Waals surface area contributed by atoms with E-state index >= 15 is 0 Å². The second-order valence-corrected chi connectivity index (χ2v) is 8.55. The van der Waals surface area contributed by atoms with Gasteiger partial charge in [0.1, 0.15) is 18.7 Å². The van der Waals surface area contributed by atoms with Crippen molar-refractivity contribution in [3.63, 3.8) is 0 Å². The third-order valence-corrected chi connectivity index (χ3v) is 5.65. The summed E-state index contributed by atoms with van der Waals surface area (Å²) in [5.41, 5.74) is 2.32. The first-order valence-electron chi connectivity index (χ1n) is 11.5. The fourth-order valence-corrected chi connectivity index (χ4v) is 3.86. The Morgan fingerprint density at radius 1 is 0.743 bits per heavy atom. The molecule has 0 saturated heterocycles. The van der Waals surface area contributed by atoms with Gasteiger partial charge in [0.25, 0.3) is 0 Å². The van der Waals surface area contributed by atoms with E-state index in [1.165, 1.54) is 0 Å². The molecule has 0 saturated carbocycles. The van der Waals surface area contributed by atoms with Crippen molar-refractivity contribution in [3.05, 3.63) is 108 Å². The number of carboxylic acid groups (broad SMARTS) is 1. The number of ether oxygens (including phenoxy) is 1. The highest BCUT2D eigenvalue weighted by Crippen LogP contribution is 2.28. The Hall–Kier alpha value is -4.13. The second-order valence-electron chi connectivity index (χ2n) is 8.55. The fourth-order valence-electron chi connectivity index (χ4n) is 3.86. The van der Waals surface area contributed by atoms with Gasteiger partial charge < -0.3 is 20.5 Å². The van der Waals surface area contributed by atoms with Crippen molar-refractivity contribution in [3.8, 4) is 0 Å². The molecular formula is C28H30N2O5. The summed E-state index contributed by atoms with van der Waals surface area (Å²) < 4.78 is 5.25. The van der Waals surface area contributed by atoms with E-state index in [4.69, 9.17) is 4.74 Å². The molecule has 2 atom stereocenters. The maximum atomic E-state index is 13.2. The highest BCUT2D eigenvalue weighted by molar-refractivity contribution is 5.90. The van der Waals surface area contributed by atoms with Crippen molar-refractivity contribution in [2.45, 2.75) is 38.5 Å². The molecular weight excluding hydrogens is 444 g/mol. The van der Waals surface area contributed by atoms with Crippen LogP contribution in [-0.4, -0.2) is 35.2 Å². The minimum Gasteiger partial charge on any atom is -0.480 e. The molecule has 3 N–H and O–H groups in total. The van der Waals surface area contributed by atoms with E-state index in [0.29, 0.717) is 0 Å². The smallest absolute Gasteiger partial charge is 0.408 e. The molecule has 0 bridgehead atoms. The van der Waals surface area contributed by atoms with Gasteiger partial charge in [0, 0.05) is 5.92 Å². The largest absolute Gasteiger partial charge is 0.480 e. The maximum Gasteiger partial charge on any atom is 0.408 e.